The highest BCUT2D eigenvalue weighted by molar-refractivity contribution is 7.14. The van der Waals surface area contributed by atoms with Gasteiger partial charge in [-0.15, -0.1) is 11.3 Å². The van der Waals surface area contributed by atoms with Crippen LogP contribution >= 0.6 is 34.5 Å². The van der Waals surface area contributed by atoms with Crippen molar-refractivity contribution < 1.29 is 18.3 Å². The van der Waals surface area contributed by atoms with Crippen molar-refractivity contribution >= 4 is 45.4 Å². The summed E-state index contributed by atoms with van der Waals surface area (Å²) in [6.45, 7) is 0. The number of halogens is 5. The third-order valence-corrected chi connectivity index (χ3v) is 5.75. The van der Waals surface area contributed by atoms with Gasteiger partial charge in [-0.25, -0.2) is 4.98 Å². The van der Waals surface area contributed by atoms with E-state index in [1.54, 1.807) is 53.9 Å². The summed E-state index contributed by atoms with van der Waals surface area (Å²) in [4.78, 5) is 4.26. The summed E-state index contributed by atoms with van der Waals surface area (Å²) in [6, 6.07) is 13.0. The molecule has 10 heteroatoms. The van der Waals surface area contributed by atoms with Gasteiger partial charge in [0.1, 0.15) is 0 Å². The maximum Gasteiger partial charge on any atom is 0.438 e. The van der Waals surface area contributed by atoms with E-state index in [-0.39, 0.29) is 10.8 Å². The average molecular weight is 458 g/mol. The average Bonchev–Trinajstić information content (AvgIpc) is 3.28. The second-order valence-corrected chi connectivity index (χ2v) is 8.09. The zero-order valence-electron chi connectivity index (χ0n) is 14.5. The Hall–Kier alpha value is -2.13. The molecule has 4 nitrogen and oxygen atoms in total. The van der Waals surface area contributed by atoms with E-state index in [0.29, 0.717) is 31.9 Å². The van der Waals surface area contributed by atoms with Crippen molar-refractivity contribution in [1.82, 2.24) is 4.98 Å². The molecular formula is C19H12Cl2F3N3OS. The Labute approximate surface area is 177 Å². The van der Waals surface area contributed by atoms with E-state index in [4.69, 9.17) is 23.2 Å². The van der Waals surface area contributed by atoms with Crippen LogP contribution in [0.2, 0.25) is 10.0 Å². The molecule has 0 aliphatic carbocycles. The molecule has 4 rings (SSSR count). The highest BCUT2D eigenvalue weighted by atomic mass is 35.5. The van der Waals surface area contributed by atoms with Crippen LogP contribution < -0.4 is 5.01 Å². The number of hydrogen-bond donors (Lipinski definition) is 1. The lowest BCUT2D eigenvalue weighted by Crippen LogP contribution is -2.55. The molecule has 0 saturated heterocycles. The Balaban J connectivity index is 1.74. The van der Waals surface area contributed by atoms with Gasteiger partial charge in [-0.1, -0.05) is 47.5 Å². The fourth-order valence-corrected chi connectivity index (χ4v) is 3.99. The number of nitrogens with zero attached hydrogens (tertiary/aromatic N) is 3. The van der Waals surface area contributed by atoms with Crippen molar-refractivity contribution in [1.29, 1.82) is 0 Å². The van der Waals surface area contributed by atoms with Gasteiger partial charge in [0.2, 0.25) is 5.13 Å². The third-order valence-electron chi connectivity index (χ3n) is 4.43. The minimum absolute atomic E-state index is 0.0706. The van der Waals surface area contributed by atoms with Crippen LogP contribution in [0.25, 0.3) is 11.3 Å². The number of benzene rings is 2. The van der Waals surface area contributed by atoms with Crippen LogP contribution in [0, 0.1) is 0 Å². The molecule has 2 heterocycles. The number of hydrogen-bond acceptors (Lipinski definition) is 5. The van der Waals surface area contributed by atoms with Gasteiger partial charge >= 0.3 is 6.18 Å². The maximum atomic E-state index is 13.8. The molecule has 0 radical (unpaired) electrons. The fourth-order valence-electron chi connectivity index (χ4n) is 2.89. The molecular weight excluding hydrogens is 446 g/mol. The first-order valence-electron chi connectivity index (χ1n) is 8.31. The van der Waals surface area contributed by atoms with Gasteiger partial charge in [0.05, 0.1) is 17.8 Å². The van der Waals surface area contributed by atoms with E-state index >= 15 is 0 Å². The van der Waals surface area contributed by atoms with Crippen LogP contribution in [-0.4, -0.2) is 27.7 Å². The molecule has 29 heavy (non-hydrogen) atoms. The minimum Gasteiger partial charge on any atom is -0.362 e. The van der Waals surface area contributed by atoms with E-state index in [0.717, 1.165) is 11.3 Å². The molecule has 0 saturated carbocycles. The topological polar surface area (TPSA) is 48.7 Å². The molecule has 0 spiro atoms. The number of rotatable bonds is 3. The number of anilines is 1. The summed E-state index contributed by atoms with van der Waals surface area (Å²) < 4.78 is 41.4. The van der Waals surface area contributed by atoms with Crippen LogP contribution in [0.1, 0.15) is 12.0 Å². The summed E-state index contributed by atoms with van der Waals surface area (Å²) in [5.41, 5.74) is -1.52. The largest absolute Gasteiger partial charge is 0.438 e. The number of thiazole rings is 1. The summed E-state index contributed by atoms with van der Waals surface area (Å²) >= 11 is 12.7. The zero-order chi connectivity index (χ0) is 20.8. The van der Waals surface area contributed by atoms with Crippen LogP contribution in [0.4, 0.5) is 18.3 Å². The molecule has 1 unspecified atom stereocenters. The molecule has 1 atom stereocenters. The van der Waals surface area contributed by atoms with Gasteiger partial charge in [0.25, 0.3) is 5.72 Å². The molecule has 1 aromatic heterocycles. The first-order chi connectivity index (χ1) is 13.7. The van der Waals surface area contributed by atoms with Crippen molar-refractivity contribution in [3.8, 4) is 11.3 Å². The first kappa shape index (κ1) is 20.2. The molecule has 3 aromatic rings. The van der Waals surface area contributed by atoms with Crippen LogP contribution in [0.15, 0.2) is 59.0 Å². The van der Waals surface area contributed by atoms with Gasteiger partial charge in [-0.05, 0) is 29.8 Å². The fraction of sp³-hybridized carbons (Fsp3) is 0.158. The van der Waals surface area contributed by atoms with E-state index < -0.39 is 18.3 Å². The summed E-state index contributed by atoms with van der Waals surface area (Å²) in [5, 5.41) is 17.7. The van der Waals surface area contributed by atoms with E-state index in [9.17, 15) is 18.3 Å². The Kier molecular flexibility index (Phi) is 5.06. The van der Waals surface area contributed by atoms with E-state index in [2.05, 4.69) is 10.1 Å². The quantitative estimate of drug-likeness (QED) is 0.525. The van der Waals surface area contributed by atoms with Crippen LogP contribution in [-0.2, 0) is 0 Å². The molecule has 150 valence electrons. The lowest BCUT2D eigenvalue weighted by Gasteiger charge is -2.32. The van der Waals surface area contributed by atoms with Crippen LogP contribution in [0.5, 0.6) is 0 Å². The summed E-state index contributed by atoms with van der Waals surface area (Å²) in [7, 11) is 0. The lowest BCUT2D eigenvalue weighted by atomic mass is 10.0. The second-order valence-electron chi connectivity index (χ2n) is 6.38. The van der Waals surface area contributed by atoms with Crippen molar-refractivity contribution in [3.05, 3.63) is 69.5 Å². The van der Waals surface area contributed by atoms with E-state index in [1.807, 2.05) is 0 Å². The molecule has 0 bridgehead atoms. The van der Waals surface area contributed by atoms with Crippen molar-refractivity contribution in [2.45, 2.75) is 18.3 Å². The summed E-state index contributed by atoms with van der Waals surface area (Å²) in [6.07, 6.45) is -5.68. The number of aliphatic hydroxyl groups is 1. The molecule has 0 fully saturated rings. The monoisotopic (exact) mass is 457 g/mol. The van der Waals surface area contributed by atoms with E-state index in [1.165, 1.54) is 0 Å². The Morgan fingerprint density at radius 3 is 2.07 bits per heavy atom. The normalized spacial score (nSPS) is 19.5. The number of aromatic nitrogens is 1. The number of hydrazone groups is 1. The van der Waals surface area contributed by atoms with Crippen LogP contribution in [0.3, 0.4) is 0 Å². The molecule has 0 amide bonds. The van der Waals surface area contributed by atoms with Crippen molar-refractivity contribution in [3.63, 3.8) is 0 Å². The number of alkyl halides is 3. The Morgan fingerprint density at radius 2 is 1.52 bits per heavy atom. The highest BCUT2D eigenvalue weighted by Crippen LogP contribution is 2.45. The maximum absolute atomic E-state index is 13.8. The first-order valence-corrected chi connectivity index (χ1v) is 9.95. The molecule has 1 aliphatic heterocycles. The lowest BCUT2D eigenvalue weighted by molar-refractivity contribution is -0.254. The van der Waals surface area contributed by atoms with Crippen molar-refractivity contribution in [2.75, 3.05) is 5.01 Å². The van der Waals surface area contributed by atoms with Crippen molar-refractivity contribution in [2.24, 2.45) is 5.10 Å². The molecule has 1 aliphatic rings. The van der Waals surface area contributed by atoms with Gasteiger partial charge < -0.3 is 5.11 Å². The minimum atomic E-state index is -4.95. The highest BCUT2D eigenvalue weighted by Gasteiger charge is 2.62. The second kappa shape index (κ2) is 7.28. The molecule has 1 N–H and O–H groups in total. The van der Waals surface area contributed by atoms with Gasteiger partial charge in [0, 0.05) is 21.0 Å². The van der Waals surface area contributed by atoms with Gasteiger partial charge in [-0.3, -0.25) is 0 Å². The van der Waals surface area contributed by atoms with Gasteiger partial charge in [-0.2, -0.15) is 23.3 Å². The summed E-state index contributed by atoms with van der Waals surface area (Å²) in [5.74, 6) is 0. The Bertz CT molecular complexity index is 1070. The Morgan fingerprint density at radius 1 is 0.966 bits per heavy atom. The zero-order valence-corrected chi connectivity index (χ0v) is 16.8. The van der Waals surface area contributed by atoms with Gasteiger partial charge in [0.15, 0.2) is 0 Å². The predicted octanol–water partition coefficient (Wildman–Crippen LogP) is 5.98. The predicted molar refractivity (Wildman–Crippen MR) is 109 cm³/mol. The third kappa shape index (κ3) is 3.73. The standard InChI is InChI=1S/C19H12Cl2F3N3OS/c20-13-5-1-11(2-6-13)15-9-18(28,19(22,23)24)27(26-15)17-25-16(10-29-17)12-3-7-14(21)8-4-12/h1-8,10,28H,9H2. The molecule has 2 aromatic carbocycles. The smallest absolute Gasteiger partial charge is 0.362 e. The SMILES string of the molecule is OC1(C(F)(F)F)CC(c2ccc(Cl)cc2)=NN1c1nc(-c2ccc(Cl)cc2)cs1.